The molecule has 1 aliphatic carbocycles. The van der Waals surface area contributed by atoms with E-state index in [1.165, 1.54) is 33.3 Å². The molecule has 1 N–H and O–H groups in total. The number of H-pyrrole nitrogens is 1. The summed E-state index contributed by atoms with van der Waals surface area (Å²) in [4.78, 5) is 11.3. The number of nitriles is 1. The molecule has 1 spiro atoms. The molecule has 9 heteroatoms. The number of hydrogen-bond donors (Lipinski definition) is 1. The van der Waals surface area contributed by atoms with Crippen molar-refractivity contribution in [2.24, 2.45) is 12.5 Å². The van der Waals surface area contributed by atoms with Crippen LogP contribution in [0.1, 0.15) is 48.9 Å². The number of fused-ring (bicyclic) bond motifs is 6. The van der Waals surface area contributed by atoms with Crippen molar-refractivity contribution in [1.82, 2.24) is 34.4 Å². The largest absolute Gasteiger partial charge is 0.364 e. The van der Waals surface area contributed by atoms with E-state index in [1.807, 2.05) is 30.3 Å². The maximum Gasteiger partial charge on any atom is 0.138 e. The van der Waals surface area contributed by atoms with Gasteiger partial charge < -0.3 is 9.72 Å². The zero-order chi connectivity index (χ0) is 27.3. The Morgan fingerprint density at radius 2 is 2.05 bits per heavy atom. The van der Waals surface area contributed by atoms with Crippen molar-refractivity contribution in [1.29, 1.82) is 5.26 Å². The zero-order valence-corrected chi connectivity index (χ0v) is 23.3. The van der Waals surface area contributed by atoms with Crippen LogP contribution in [0.15, 0.2) is 36.8 Å². The fraction of sp³-hybridized carbons (Fsp3) is 0.438. The van der Waals surface area contributed by atoms with E-state index in [2.05, 4.69) is 43.9 Å². The standard InChI is InChI=1S/C32H32N8O/c1-38-24-5-4-20(13-21(24)15-35-38)26-27-28-22(14-34-30(27)37-29(26)23-16-36-40-11-2-3-25(23)40)17-41-32(28)9-12-39(19-32)18-31(6-7-31)8-10-33/h4-5,13-16H,2-3,6-9,11-12,17-19H2,1H3,(H,34,37). The van der Waals surface area contributed by atoms with Crippen molar-refractivity contribution < 1.29 is 4.74 Å². The Kier molecular flexibility index (Phi) is 4.78. The quantitative estimate of drug-likeness (QED) is 0.332. The van der Waals surface area contributed by atoms with Gasteiger partial charge in [0.05, 0.1) is 36.3 Å². The molecular formula is C32H32N8O. The molecule has 2 fully saturated rings. The van der Waals surface area contributed by atoms with Crippen molar-refractivity contribution in [3.8, 4) is 28.5 Å². The summed E-state index contributed by atoms with van der Waals surface area (Å²) in [6.45, 7) is 4.39. The number of aromatic amines is 1. The molecule has 9 rings (SSSR count). The average Bonchev–Trinajstić information content (AvgIpc) is 3.61. The third kappa shape index (κ3) is 3.38. The molecule has 1 aromatic carbocycles. The van der Waals surface area contributed by atoms with Crippen LogP contribution in [0.2, 0.25) is 0 Å². The molecular weight excluding hydrogens is 512 g/mol. The average molecular weight is 545 g/mol. The van der Waals surface area contributed by atoms with Crippen molar-refractivity contribution in [3.05, 3.63) is 53.6 Å². The minimum atomic E-state index is -0.368. The summed E-state index contributed by atoms with van der Waals surface area (Å²) in [5.74, 6) is 0. The predicted molar refractivity (Wildman–Crippen MR) is 155 cm³/mol. The normalized spacial score (nSPS) is 22.6. The lowest BCUT2D eigenvalue weighted by Gasteiger charge is -2.27. The first-order valence-electron chi connectivity index (χ1n) is 14.8. The number of aryl methyl sites for hydroxylation is 2. The second-order valence-corrected chi connectivity index (χ2v) is 12.7. The number of aromatic nitrogens is 6. The van der Waals surface area contributed by atoms with Gasteiger partial charge in [-0.3, -0.25) is 14.3 Å². The Bertz CT molecular complexity index is 1920. The van der Waals surface area contributed by atoms with Gasteiger partial charge in [-0.25, -0.2) is 4.98 Å². The van der Waals surface area contributed by atoms with Gasteiger partial charge in [0.2, 0.25) is 0 Å². The van der Waals surface area contributed by atoms with Gasteiger partial charge in [0.1, 0.15) is 11.2 Å². The molecule has 0 bridgehead atoms. The van der Waals surface area contributed by atoms with E-state index >= 15 is 0 Å². The van der Waals surface area contributed by atoms with Crippen LogP contribution in [0.5, 0.6) is 0 Å². The molecule has 4 aliphatic rings. The molecule has 5 aromatic rings. The van der Waals surface area contributed by atoms with Gasteiger partial charge in [0, 0.05) is 84.6 Å². The van der Waals surface area contributed by atoms with E-state index in [0.29, 0.717) is 13.0 Å². The van der Waals surface area contributed by atoms with Crippen molar-refractivity contribution in [3.63, 3.8) is 0 Å². The number of likely N-dealkylation sites (tertiary alicyclic amines) is 1. The summed E-state index contributed by atoms with van der Waals surface area (Å²) in [7, 11) is 1.99. The number of benzene rings is 1. The van der Waals surface area contributed by atoms with E-state index in [9.17, 15) is 5.26 Å². The minimum absolute atomic E-state index is 0.184. The minimum Gasteiger partial charge on any atom is -0.364 e. The first kappa shape index (κ1) is 23.7. The third-order valence-corrected chi connectivity index (χ3v) is 10.2. The van der Waals surface area contributed by atoms with Crippen LogP contribution in [-0.4, -0.2) is 54.1 Å². The van der Waals surface area contributed by atoms with Crippen LogP contribution in [-0.2, 0) is 37.0 Å². The SMILES string of the molecule is Cn1ncc2cc(-c3c(-c4cnn5c4CCC5)[nH]c4ncc5c(c34)C3(CCN(CC4(CC#N)CC4)C3)OC5)ccc21. The lowest BCUT2D eigenvalue weighted by Crippen LogP contribution is -2.34. The van der Waals surface area contributed by atoms with Gasteiger partial charge in [0.15, 0.2) is 0 Å². The van der Waals surface area contributed by atoms with Crippen LogP contribution < -0.4 is 0 Å². The predicted octanol–water partition coefficient (Wildman–Crippen LogP) is 5.05. The van der Waals surface area contributed by atoms with Gasteiger partial charge in [-0.2, -0.15) is 15.5 Å². The Morgan fingerprint density at radius 3 is 2.93 bits per heavy atom. The Morgan fingerprint density at radius 1 is 1.12 bits per heavy atom. The van der Waals surface area contributed by atoms with E-state index in [-0.39, 0.29) is 11.0 Å². The highest BCUT2D eigenvalue weighted by Gasteiger charge is 2.51. The summed E-state index contributed by atoms with van der Waals surface area (Å²) in [6.07, 6.45) is 12.1. The number of hydrogen-bond acceptors (Lipinski definition) is 6. The van der Waals surface area contributed by atoms with Gasteiger partial charge >= 0.3 is 0 Å². The molecule has 1 unspecified atom stereocenters. The first-order valence-corrected chi connectivity index (χ1v) is 14.8. The highest BCUT2D eigenvalue weighted by atomic mass is 16.5. The summed E-state index contributed by atoms with van der Waals surface area (Å²) in [6, 6.07) is 9.10. The van der Waals surface area contributed by atoms with E-state index in [4.69, 9.17) is 14.8 Å². The zero-order valence-electron chi connectivity index (χ0n) is 23.3. The summed E-state index contributed by atoms with van der Waals surface area (Å²) >= 11 is 0. The van der Waals surface area contributed by atoms with Gasteiger partial charge in [-0.05, 0) is 55.2 Å². The molecule has 1 saturated carbocycles. The van der Waals surface area contributed by atoms with Gasteiger partial charge in [-0.15, -0.1) is 0 Å². The number of rotatable bonds is 5. The molecule has 0 radical (unpaired) electrons. The Hall–Kier alpha value is -4.00. The lowest BCUT2D eigenvalue weighted by molar-refractivity contribution is -0.0296. The fourth-order valence-electron chi connectivity index (χ4n) is 7.92. The number of nitrogens with zero attached hydrogens (tertiary/aromatic N) is 7. The monoisotopic (exact) mass is 544 g/mol. The molecule has 7 heterocycles. The Labute approximate surface area is 237 Å². The van der Waals surface area contributed by atoms with Gasteiger partial charge in [-0.1, -0.05) is 6.07 Å². The van der Waals surface area contributed by atoms with Gasteiger partial charge in [0.25, 0.3) is 0 Å². The molecule has 206 valence electrons. The van der Waals surface area contributed by atoms with Crippen LogP contribution >= 0.6 is 0 Å². The van der Waals surface area contributed by atoms with Crippen LogP contribution in [0.4, 0.5) is 0 Å². The highest BCUT2D eigenvalue weighted by Crippen LogP contribution is 2.54. The van der Waals surface area contributed by atoms with E-state index in [0.717, 1.165) is 86.1 Å². The third-order valence-electron chi connectivity index (χ3n) is 10.2. The summed E-state index contributed by atoms with van der Waals surface area (Å²) < 4.78 is 10.8. The van der Waals surface area contributed by atoms with Crippen molar-refractivity contribution in [2.45, 2.75) is 57.3 Å². The van der Waals surface area contributed by atoms with E-state index < -0.39 is 0 Å². The molecule has 3 aliphatic heterocycles. The number of nitrogens with one attached hydrogen (secondary N) is 1. The van der Waals surface area contributed by atoms with E-state index in [1.54, 1.807) is 0 Å². The lowest BCUT2D eigenvalue weighted by atomic mass is 9.86. The van der Waals surface area contributed by atoms with Crippen molar-refractivity contribution >= 4 is 21.9 Å². The Balaban J connectivity index is 1.24. The molecule has 9 nitrogen and oxygen atoms in total. The van der Waals surface area contributed by atoms with Crippen LogP contribution in [0.25, 0.3) is 44.3 Å². The number of pyridine rings is 1. The second kappa shape index (κ2) is 8.28. The molecule has 41 heavy (non-hydrogen) atoms. The molecule has 1 saturated heterocycles. The maximum atomic E-state index is 9.40. The smallest absolute Gasteiger partial charge is 0.138 e. The van der Waals surface area contributed by atoms with Crippen molar-refractivity contribution in [2.75, 3.05) is 19.6 Å². The summed E-state index contributed by atoms with van der Waals surface area (Å²) in [5.41, 5.74) is 10.2. The van der Waals surface area contributed by atoms with Crippen LogP contribution in [0.3, 0.4) is 0 Å². The topological polar surface area (TPSA) is 101 Å². The van der Waals surface area contributed by atoms with Crippen LogP contribution in [0, 0.1) is 16.7 Å². The molecule has 1 atom stereocenters. The summed E-state index contributed by atoms with van der Waals surface area (Å²) in [5, 5.41) is 21.0. The fourth-order valence-corrected chi connectivity index (χ4v) is 7.92. The molecule has 4 aromatic heterocycles. The molecule has 0 amide bonds. The highest BCUT2D eigenvalue weighted by molar-refractivity contribution is 6.06. The number of ether oxygens (including phenoxy) is 1. The first-order chi connectivity index (χ1) is 20.1. The second-order valence-electron chi connectivity index (χ2n) is 12.7. The maximum absolute atomic E-state index is 9.40.